The van der Waals surface area contributed by atoms with Crippen molar-refractivity contribution in [1.82, 2.24) is 9.55 Å². The van der Waals surface area contributed by atoms with Crippen molar-refractivity contribution < 1.29 is 0 Å². The van der Waals surface area contributed by atoms with Crippen LogP contribution in [0, 0.1) is 13.8 Å². The third-order valence-electron chi connectivity index (χ3n) is 4.58. The highest BCUT2D eigenvalue weighted by atomic mass is 32.2. The first-order chi connectivity index (χ1) is 13.2. The fourth-order valence-electron chi connectivity index (χ4n) is 3.03. The van der Waals surface area contributed by atoms with E-state index < -0.39 is 0 Å². The van der Waals surface area contributed by atoms with Gasteiger partial charge < -0.3 is 0 Å². The number of hydrogen-bond acceptors (Lipinski definition) is 2. The van der Waals surface area contributed by atoms with Gasteiger partial charge in [-0.1, -0.05) is 89.6 Å². The second kappa shape index (κ2) is 7.85. The Kier molecular flexibility index (Phi) is 5.12. The molecule has 3 aromatic carbocycles. The van der Waals surface area contributed by atoms with Gasteiger partial charge in [0.2, 0.25) is 0 Å². The molecular weight excluding hydrogens is 348 g/mol. The van der Waals surface area contributed by atoms with Gasteiger partial charge in [-0.3, -0.25) is 4.57 Å². The molecule has 0 bridgehead atoms. The molecule has 0 aliphatic rings. The van der Waals surface area contributed by atoms with Crippen molar-refractivity contribution in [2.24, 2.45) is 0 Å². The lowest BCUT2D eigenvalue weighted by molar-refractivity contribution is 0.899. The van der Waals surface area contributed by atoms with Gasteiger partial charge >= 0.3 is 0 Å². The van der Waals surface area contributed by atoms with Gasteiger partial charge in [-0.2, -0.15) is 0 Å². The molecule has 1 aromatic heterocycles. The molecule has 0 fully saturated rings. The van der Waals surface area contributed by atoms with Crippen LogP contribution in [0.1, 0.15) is 16.7 Å². The number of hydrogen-bond donors (Lipinski definition) is 0. The van der Waals surface area contributed by atoms with Gasteiger partial charge in [-0.25, -0.2) is 4.98 Å². The lowest BCUT2D eigenvalue weighted by atomic mass is 10.1. The minimum atomic E-state index is 0.900. The van der Waals surface area contributed by atoms with Crippen LogP contribution in [0.15, 0.2) is 90.2 Å². The fourth-order valence-corrected chi connectivity index (χ4v) is 3.98. The molecule has 3 heteroatoms. The first-order valence-corrected chi connectivity index (χ1v) is 10.1. The molecule has 0 unspecified atom stereocenters. The summed E-state index contributed by atoms with van der Waals surface area (Å²) in [6, 6.07) is 27.8. The first kappa shape index (κ1) is 17.6. The molecule has 1 heterocycles. The van der Waals surface area contributed by atoms with E-state index in [0.29, 0.717) is 0 Å². The first-order valence-electron chi connectivity index (χ1n) is 9.09. The van der Waals surface area contributed by atoms with E-state index in [1.54, 1.807) is 11.8 Å². The number of aromatic nitrogens is 2. The van der Waals surface area contributed by atoms with Crippen LogP contribution in [0.25, 0.3) is 16.9 Å². The molecule has 0 saturated heterocycles. The maximum absolute atomic E-state index is 4.75. The molecule has 0 aliphatic carbocycles. The number of rotatable bonds is 5. The maximum Gasteiger partial charge on any atom is 0.173 e. The summed E-state index contributed by atoms with van der Waals surface area (Å²) in [6.07, 6.45) is 1.98. The lowest BCUT2D eigenvalue weighted by Crippen LogP contribution is -1.99. The summed E-state index contributed by atoms with van der Waals surface area (Å²) >= 11 is 1.77. The molecule has 0 spiro atoms. The monoisotopic (exact) mass is 370 g/mol. The van der Waals surface area contributed by atoms with E-state index in [2.05, 4.69) is 97.3 Å². The Morgan fingerprint density at radius 1 is 0.778 bits per heavy atom. The molecule has 0 radical (unpaired) electrons. The average Bonchev–Trinajstić information content (AvgIpc) is 3.12. The quantitative estimate of drug-likeness (QED) is 0.376. The van der Waals surface area contributed by atoms with Crippen LogP contribution in [0.2, 0.25) is 0 Å². The summed E-state index contributed by atoms with van der Waals surface area (Å²) in [7, 11) is 0. The van der Waals surface area contributed by atoms with Crippen LogP contribution in [0.3, 0.4) is 0 Å². The highest BCUT2D eigenvalue weighted by Crippen LogP contribution is 2.31. The molecular formula is C24H22N2S. The summed E-state index contributed by atoms with van der Waals surface area (Å²) in [5, 5.41) is 1.01. The van der Waals surface area contributed by atoms with Gasteiger partial charge in [0, 0.05) is 17.0 Å². The van der Waals surface area contributed by atoms with Gasteiger partial charge in [-0.15, -0.1) is 0 Å². The van der Waals surface area contributed by atoms with Crippen molar-refractivity contribution in [3.63, 3.8) is 0 Å². The molecule has 0 aliphatic heterocycles. The number of nitrogens with zero attached hydrogens (tertiary/aromatic N) is 2. The van der Waals surface area contributed by atoms with Crippen LogP contribution < -0.4 is 0 Å². The van der Waals surface area contributed by atoms with Crippen molar-refractivity contribution in [2.75, 3.05) is 0 Å². The molecule has 0 amide bonds. The second-order valence-corrected chi connectivity index (χ2v) is 7.68. The van der Waals surface area contributed by atoms with E-state index in [4.69, 9.17) is 4.98 Å². The predicted octanol–water partition coefficient (Wildman–Crippen LogP) is 6.45. The Morgan fingerprint density at radius 2 is 1.41 bits per heavy atom. The maximum atomic E-state index is 4.75. The normalized spacial score (nSPS) is 10.9. The highest BCUT2D eigenvalue weighted by molar-refractivity contribution is 7.98. The van der Waals surface area contributed by atoms with Crippen LogP contribution >= 0.6 is 11.8 Å². The van der Waals surface area contributed by atoms with Crippen molar-refractivity contribution in [3.05, 3.63) is 102 Å². The van der Waals surface area contributed by atoms with Crippen molar-refractivity contribution in [2.45, 2.75) is 24.8 Å². The number of imidazole rings is 1. The number of aryl methyl sites for hydroxylation is 2. The van der Waals surface area contributed by atoms with Gasteiger partial charge in [0.05, 0.1) is 11.9 Å². The third-order valence-corrected chi connectivity index (χ3v) is 5.60. The Morgan fingerprint density at radius 3 is 2.07 bits per heavy atom. The van der Waals surface area contributed by atoms with Gasteiger partial charge in [-0.05, 0) is 31.5 Å². The smallest absolute Gasteiger partial charge is 0.173 e. The van der Waals surface area contributed by atoms with Crippen molar-refractivity contribution in [3.8, 4) is 16.9 Å². The van der Waals surface area contributed by atoms with Gasteiger partial charge in [0.25, 0.3) is 0 Å². The largest absolute Gasteiger partial charge is 0.287 e. The molecule has 0 saturated carbocycles. The van der Waals surface area contributed by atoms with Crippen molar-refractivity contribution >= 4 is 11.8 Å². The van der Waals surface area contributed by atoms with E-state index in [-0.39, 0.29) is 0 Å². The highest BCUT2D eigenvalue weighted by Gasteiger charge is 2.14. The molecule has 2 nitrogen and oxygen atoms in total. The summed E-state index contributed by atoms with van der Waals surface area (Å²) in [4.78, 5) is 4.75. The molecule has 4 rings (SSSR count). The molecule has 0 atom stereocenters. The predicted molar refractivity (Wildman–Crippen MR) is 114 cm³/mol. The molecule has 0 N–H and O–H groups in total. The van der Waals surface area contributed by atoms with Crippen LogP contribution in [0.4, 0.5) is 0 Å². The van der Waals surface area contributed by atoms with Crippen LogP contribution in [-0.2, 0) is 5.75 Å². The van der Waals surface area contributed by atoms with E-state index in [1.807, 2.05) is 6.20 Å². The molecule has 4 aromatic rings. The lowest BCUT2D eigenvalue weighted by Gasteiger charge is -2.13. The zero-order valence-electron chi connectivity index (χ0n) is 15.6. The zero-order chi connectivity index (χ0) is 18.6. The SMILES string of the molecule is Cc1ccc(-c2cnc(SCc3ccccc3)n2-c2ccc(C)cc2)cc1. The van der Waals surface area contributed by atoms with E-state index >= 15 is 0 Å². The topological polar surface area (TPSA) is 17.8 Å². The summed E-state index contributed by atoms with van der Waals surface area (Å²) < 4.78 is 2.26. The average molecular weight is 371 g/mol. The number of thioether (sulfide) groups is 1. The Balaban J connectivity index is 1.74. The van der Waals surface area contributed by atoms with Crippen LogP contribution in [0.5, 0.6) is 0 Å². The third kappa shape index (κ3) is 3.99. The zero-order valence-corrected chi connectivity index (χ0v) is 16.4. The van der Waals surface area contributed by atoms with Gasteiger partial charge in [0.15, 0.2) is 5.16 Å². The standard InChI is InChI=1S/C24H22N2S/c1-18-8-12-21(13-9-18)23-16-25-24(27-17-20-6-4-3-5-7-20)26(23)22-14-10-19(2)11-15-22/h3-16H,17H2,1-2H3. The minimum Gasteiger partial charge on any atom is -0.287 e. The minimum absolute atomic E-state index is 0.900. The fraction of sp³-hybridized carbons (Fsp3) is 0.125. The van der Waals surface area contributed by atoms with Gasteiger partial charge in [0.1, 0.15) is 0 Å². The Hall–Kier alpha value is -2.78. The number of benzene rings is 3. The molecule has 27 heavy (non-hydrogen) atoms. The van der Waals surface area contributed by atoms with Crippen LogP contribution in [-0.4, -0.2) is 9.55 Å². The Bertz CT molecular complexity index is 1020. The second-order valence-electron chi connectivity index (χ2n) is 6.74. The summed E-state index contributed by atoms with van der Waals surface area (Å²) in [5.41, 5.74) is 7.27. The van der Waals surface area contributed by atoms with E-state index in [9.17, 15) is 0 Å². The van der Waals surface area contributed by atoms with E-state index in [1.165, 1.54) is 22.3 Å². The van der Waals surface area contributed by atoms with E-state index in [0.717, 1.165) is 22.3 Å². The Labute approximate surface area is 164 Å². The summed E-state index contributed by atoms with van der Waals surface area (Å²) in [5.74, 6) is 0.900. The summed E-state index contributed by atoms with van der Waals surface area (Å²) in [6.45, 7) is 4.23. The van der Waals surface area contributed by atoms with Crippen molar-refractivity contribution in [1.29, 1.82) is 0 Å². The molecule has 134 valence electrons.